The number of nitrogens with two attached hydrogens (primary N) is 1. The van der Waals surface area contributed by atoms with Crippen molar-refractivity contribution in [2.45, 2.75) is 43.9 Å². The Bertz CT molecular complexity index is 514. The molecule has 106 valence electrons. The summed E-state index contributed by atoms with van der Waals surface area (Å²) in [5.74, 6) is 0.477. The highest BCUT2D eigenvalue weighted by molar-refractivity contribution is 7.89. The SMILES string of the molecule is Cc1cc(N)cc(S(=O)(=O)NCC2CCCCC2)c1. The van der Waals surface area contributed by atoms with Crippen LogP contribution in [0.1, 0.15) is 37.7 Å². The van der Waals surface area contributed by atoms with Crippen molar-refractivity contribution >= 4 is 15.7 Å². The summed E-state index contributed by atoms with van der Waals surface area (Å²) < 4.78 is 27.1. The van der Waals surface area contributed by atoms with E-state index in [0.29, 0.717) is 18.2 Å². The minimum atomic E-state index is -3.43. The fraction of sp³-hybridized carbons (Fsp3) is 0.571. The van der Waals surface area contributed by atoms with Crippen LogP contribution in [0.2, 0.25) is 0 Å². The van der Waals surface area contributed by atoms with Crippen LogP contribution in [-0.4, -0.2) is 15.0 Å². The van der Waals surface area contributed by atoms with Crippen molar-refractivity contribution in [1.82, 2.24) is 4.72 Å². The van der Waals surface area contributed by atoms with Crippen LogP contribution < -0.4 is 10.5 Å². The molecule has 1 aliphatic carbocycles. The molecule has 0 spiro atoms. The van der Waals surface area contributed by atoms with Gasteiger partial charge < -0.3 is 5.73 Å². The first-order valence-electron chi connectivity index (χ1n) is 6.84. The Hall–Kier alpha value is -1.07. The molecule has 3 N–H and O–H groups in total. The average molecular weight is 282 g/mol. The van der Waals surface area contributed by atoms with E-state index in [1.54, 1.807) is 12.1 Å². The number of benzene rings is 1. The standard InChI is InChI=1S/C14H22N2O2S/c1-11-7-13(15)9-14(8-11)19(17,18)16-10-12-5-3-2-4-6-12/h7-9,12,16H,2-6,10,15H2,1H3. The number of aryl methyl sites for hydroxylation is 1. The van der Waals surface area contributed by atoms with Gasteiger partial charge in [-0.25, -0.2) is 13.1 Å². The topological polar surface area (TPSA) is 72.2 Å². The minimum absolute atomic E-state index is 0.265. The Morgan fingerprint density at radius 3 is 2.53 bits per heavy atom. The zero-order valence-electron chi connectivity index (χ0n) is 11.4. The van der Waals surface area contributed by atoms with Crippen LogP contribution in [0.5, 0.6) is 0 Å². The number of nitrogen functional groups attached to an aromatic ring is 1. The summed E-state index contributed by atoms with van der Waals surface area (Å²) in [6.45, 7) is 2.38. The summed E-state index contributed by atoms with van der Waals surface area (Å²) in [5, 5.41) is 0. The van der Waals surface area contributed by atoms with E-state index in [1.807, 2.05) is 6.92 Å². The molecule has 4 nitrogen and oxygen atoms in total. The predicted molar refractivity (Wildman–Crippen MR) is 77.4 cm³/mol. The van der Waals surface area contributed by atoms with Crippen LogP contribution in [0, 0.1) is 12.8 Å². The molecule has 1 saturated carbocycles. The lowest BCUT2D eigenvalue weighted by molar-refractivity contribution is 0.357. The van der Waals surface area contributed by atoms with E-state index < -0.39 is 10.0 Å². The smallest absolute Gasteiger partial charge is 0.240 e. The van der Waals surface area contributed by atoms with Gasteiger partial charge in [-0.3, -0.25) is 0 Å². The zero-order chi connectivity index (χ0) is 13.9. The molecule has 0 bridgehead atoms. The van der Waals surface area contributed by atoms with Gasteiger partial charge in [-0.1, -0.05) is 19.3 Å². The second kappa shape index (κ2) is 5.92. The van der Waals surface area contributed by atoms with Crippen molar-refractivity contribution in [1.29, 1.82) is 0 Å². The van der Waals surface area contributed by atoms with E-state index in [4.69, 9.17) is 5.73 Å². The number of sulfonamides is 1. The highest BCUT2D eigenvalue weighted by atomic mass is 32.2. The molecule has 0 aliphatic heterocycles. The molecule has 1 aliphatic rings. The van der Waals surface area contributed by atoms with Gasteiger partial charge >= 0.3 is 0 Å². The summed E-state index contributed by atoms with van der Waals surface area (Å²) in [5.41, 5.74) is 7.05. The van der Waals surface area contributed by atoms with Crippen LogP contribution >= 0.6 is 0 Å². The molecule has 1 aromatic carbocycles. The lowest BCUT2D eigenvalue weighted by Gasteiger charge is -2.21. The third-order valence-electron chi connectivity index (χ3n) is 3.67. The van der Waals surface area contributed by atoms with Crippen molar-refractivity contribution in [3.8, 4) is 0 Å². The predicted octanol–water partition coefficient (Wildman–Crippen LogP) is 2.44. The summed E-state index contributed by atoms with van der Waals surface area (Å²) in [6.07, 6.45) is 5.95. The Morgan fingerprint density at radius 2 is 1.89 bits per heavy atom. The van der Waals surface area contributed by atoms with Gasteiger partial charge in [-0.15, -0.1) is 0 Å². The highest BCUT2D eigenvalue weighted by Crippen LogP contribution is 2.23. The normalized spacial score (nSPS) is 17.5. The van der Waals surface area contributed by atoms with E-state index in [-0.39, 0.29) is 4.90 Å². The van der Waals surface area contributed by atoms with Gasteiger partial charge in [-0.2, -0.15) is 0 Å². The van der Waals surface area contributed by atoms with Gasteiger partial charge in [0.25, 0.3) is 0 Å². The molecule has 0 atom stereocenters. The maximum absolute atomic E-state index is 12.2. The Balaban J connectivity index is 2.04. The van der Waals surface area contributed by atoms with Crippen LogP contribution in [0.15, 0.2) is 23.1 Å². The van der Waals surface area contributed by atoms with Crippen molar-refractivity contribution < 1.29 is 8.42 Å². The fourth-order valence-electron chi connectivity index (χ4n) is 2.63. The van der Waals surface area contributed by atoms with Gasteiger partial charge in [0.05, 0.1) is 4.90 Å². The largest absolute Gasteiger partial charge is 0.399 e. The number of rotatable bonds is 4. The van der Waals surface area contributed by atoms with Crippen LogP contribution in [0.4, 0.5) is 5.69 Å². The molecule has 19 heavy (non-hydrogen) atoms. The molecule has 0 saturated heterocycles. The number of hydrogen-bond donors (Lipinski definition) is 2. The van der Waals surface area contributed by atoms with Gasteiger partial charge in [0.15, 0.2) is 0 Å². The summed E-state index contributed by atoms with van der Waals surface area (Å²) in [4.78, 5) is 0.265. The highest BCUT2D eigenvalue weighted by Gasteiger charge is 2.19. The average Bonchev–Trinajstić information content (AvgIpc) is 2.37. The van der Waals surface area contributed by atoms with Crippen molar-refractivity contribution in [2.75, 3.05) is 12.3 Å². The molecule has 0 heterocycles. The van der Waals surface area contributed by atoms with Crippen LogP contribution in [0.25, 0.3) is 0 Å². The Kier molecular flexibility index (Phi) is 4.47. The lowest BCUT2D eigenvalue weighted by Crippen LogP contribution is -2.30. The van der Waals surface area contributed by atoms with Gasteiger partial charge in [0.2, 0.25) is 10.0 Å². The molecule has 0 aromatic heterocycles. The van der Waals surface area contributed by atoms with Crippen LogP contribution in [0.3, 0.4) is 0 Å². The number of hydrogen-bond acceptors (Lipinski definition) is 3. The molecule has 0 radical (unpaired) electrons. The van der Waals surface area contributed by atoms with E-state index in [9.17, 15) is 8.42 Å². The minimum Gasteiger partial charge on any atom is -0.399 e. The van der Waals surface area contributed by atoms with Gasteiger partial charge in [0.1, 0.15) is 0 Å². The molecular formula is C14H22N2O2S. The van der Waals surface area contributed by atoms with Gasteiger partial charge in [0, 0.05) is 12.2 Å². The Morgan fingerprint density at radius 1 is 1.21 bits per heavy atom. The monoisotopic (exact) mass is 282 g/mol. The van der Waals surface area contributed by atoms with Crippen molar-refractivity contribution in [2.24, 2.45) is 5.92 Å². The first-order valence-corrected chi connectivity index (χ1v) is 8.32. The lowest BCUT2D eigenvalue weighted by atomic mass is 9.90. The molecule has 1 aromatic rings. The maximum atomic E-state index is 12.2. The summed E-state index contributed by atoms with van der Waals surface area (Å²) in [6, 6.07) is 4.93. The van der Waals surface area contributed by atoms with E-state index >= 15 is 0 Å². The second-order valence-corrected chi connectivity index (χ2v) is 7.20. The quantitative estimate of drug-likeness (QED) is 0.833. The van der Waals surface area contributed by atoms with E-state index in [2.05, 4.69) is 4.72 Å². The van der Waals surface area contributed by atoms with E-state index in [0.717, 1.165) is 18.4 Å². The number of nitrogens with one attached hydrogen (secondary N) is 1. The fourth-order valence-corrected chi connectivity index (χ4v) is 3.89. The third kappa shape index (κ3) is 3.94. The van der Waals surface area contributed by atoms with E-state index in [1.165, 1.54) is 25.3 Å². The second-order valence-electron chi connectivity index (χ2n) is 5.44. The van der Waals surface area contributed by atoms with Crippen molar-refractivity contribution in [3.63, 3.8) is 0 Å². The third-order valence-corrected chi connectivity index (χ3v) is 5.07. The zero-order valence-corrected chi connectivity index (χ0v) is 12.2. The molecule has 1 fully saturated rings. The summed E-state index contributed by atoms with van der Waals surface area (Å²) in [7, 11) is -3.43. The molecule has 0 unspecified atom stereocenters. The van der Waals surface area contributed by atoms with Crippen LogP contribution in [-0.2, 0) is 10.0 Å². The summed E-state index contributed by atoms with van der Waals surface area (Å²) >= 11 is 0. The van der Waals surface area contributed by atoms with Crippen molar-refractivity contribution in [3.05, 3.63) is 23.8 Å². The molecule has 2 rings (SSSR count). The first kappa shape index (κ1) is 14.3. The molecule has 0 amide bonds. The molecular weight excluding hydrogens is 260 g/mol. The Labute approximate surface area is 115 Å². The first-order chi connectivity index (χ1) is 8.97. The number of anilines is 1. The van der Waals surface area contributed by atoms with Gasteiger partial charge in [-0.05, 0) is 49.4 Å². The molecule has 5 heteroatoms. The maximum Gasteiger partial charge on any atom is 0.240 e.